The van der Waals surface area contributed by atoms with Crippen molar-refractivity contribution >= 4 is 22.6 Å². The van der Waals surface area contributed by atoms with Gasteiger partial charge in [0, 0.05) is 26.2 Å². The van der Waals surface area contributed by atoms with E-state index in [-0.39, 0.29) is 23.9 Å². The van der Waals surface area contributed by atoms with Gasteiger partial charge in [0.15, 0.2) is 0 Å². The van der Waals surface area contributed by atoms with Gasteiger partial charge in [-0.15, -0.1) is 0 Å². The summed E-state index contributed by atoms with van der Waals surface area (Å²) in [5.41, 5.74) is 4.53. The summed E-state index contributed by atoms with van der Waals surface area (Å²) in [5.74, 6) is 0.00381. The van der Waals surface area contributed by atoms with Gasteiger partial charge in [-0.3, -0.25) is 9.59 Å². The number of benzene rings is 4. The Kier molecular flexibility index (Phi) is 9.56. The lowest BCUT2D eigenvalue weighted by Gasteiger charge is -2.22. The van der Waals surface area contributed by atoms with Crippen LogP contribution in [0.1, 0.15) is 35.1 Å². The Bertz CT molecular complexity index is 1300. The first-order valence-electron chi connectivity index (χ1n) is 14.3. The van der Waals surface area contributed by atoms with Crippen molar-refractivity contribution in [1.29, 1.82) is 0 Å². The minimum absolute atomic E-state index is 0.00190. The largest absolute Gasteiger partial charge is 0.355 e. The number of rotatable bonds is 4. The van der Waals surface area contributed by atoms with Crippen LogP contribution in [0.25, 0.3) is 10.8 Å². The molecule has 1 aliphatic rings. The molecule has 6 nitrogen and oxygen atoms in total. The van der Waals surface area contributed by atoms with Crippen molar-refractivity contribution in [2.75, 3.05) is 13.1 Å². The Balaban J connectivity index is 1.41. The highest BCUT2D eigenvalue weighted by atomic mass is 16.2. The molecule has 2 bridgehead atoms. The Labute approximate surface area is 236 Å². The van der Waals surface area contributed by atoms with Gasteiger partial charge in [0.2, 0.25) is 11.8 Å². The maximum Gasteiger partial charge on any atom is 0.237 e. The SMILES string of the molecule is O=C1NCCCCNC(=O)[C@H](Cc2ccccc2)NCc2ccc(c3ccccc23)CN[C@H]1Cc1ccccc1. The van der Waals surface area contributed by atoms with Crippen LogP contribution in [-0.2, 0) is 35.5 Å². The monoisotopic (exact) mass is 534 g/mol. The highest BCUT2D eigenvalue weighted by molar-refractivity contribution is 5.89. The first-order chi connectivity index (χ1) is 19.7. The molecule has 0 saturated carbocycles. The summed E-state index contributed by atoms with van der Waals surface area (Å²) in [6.45, 7) is 2.31. The first-order valence-corrected chi connectivity index (χ1v) is 14.3. The Hall–Kier alpha value is -4.00. The standard InChI is InChI=1S/C34H38N4O2/c39-33-31(21-25-11-3-1-4-12-25)37-23-27-17-18-28(30-16-8-7-15-29(27)30)24-38-32(22-26-13-5-2-6-14-26)34(40)36-20-10-9-19-35-33/h1-8,11-18,31-32,37-38H,9-10,19-24H2,(H,35,39)(H,36,40)/t31-,32-/m0/s1. The van der Waals surface area contributed by atoms with Gasteiger partial charge in [-0.2, -0.15) is 0 Å². The van der Waals surface area contributed by atoms with Gasteiger partial charge in [0.25, 0.3) is 0 Å². The van der Waals surface area contributed by atoms with E-state index in [0.29, 0.717) is 39.0 Å². The van der Waals surface area contributed by atoms with E-state index >= 15 is 0 Å². The molecule has 2 atom stereocenters. The number of nitrogens with one attached hydrogen (secondary N) is 4. The molecule has 0 radical (unpaired) electrons. The van der Waals surface area contributed by atoms with Gasteiger partial charge in [0.05, 0.1) is 12.1 Å². The van der Waals surface area contributed by atoms with Gasteiger partial charge in [-0.05, 0) is 58.7 Å². The average Bonchev–Trinajstić information content (AvgIpc) is 2.99. The van der Waals surface area contributed by atoms with Crippen LogP contribution in [0.3, 0.4) is 0 Å². The van der Waals surface area contributed by atoms with Crippen LogP contribution in [0.4, 0.5) is 0 Å². The zero-order chi connectivity index (χ0) is 27.6. The molecular weight excluding hydrogens is 496 g/mol. The summed E-state index contributed by atoms with van der Waals surface area (Å²) in [6.07, 6.45) is 2.83. The molecule has 2 amide bonds. The van der Waals surface area contributed by atoms with E-state index in [1.54, 1.807) is 0 Å². The van der Waals surface area contributed by atoms with Crippen molar-refractivity contribution in [3.8, 4) is 0 Å². The number of fused-ring (bicyclic) bond motifs is 6. The number of hydrogen-bond donors (Lipinski definition) is 4. The van der Waals surface area contributed by atoms with Crippen molar-refractivity contribution in [3.05, 3.63) is 119 Å². The van der Waals surface area contributed by atoms with Gasteiger partial charge in [0.1, 0.15) is 0 Å². The second-order valence-electron chi connectivity index (χ2n) is 10.5. The molecule has 0 saturated heterocycles. The second kappa shape index (κ2) is 13.9. The van der Waals surface area contributed by atoms with Crippen molar-refractivity contribution in [2.24, 2.45) is 0 Å². The van der Waals surface area contributed by atoms with E-state index in [2.05, 4.69) is 81.9 Å². The van der Waals surface area contributed by atoms with Gasteiger partial charge >= 0.3 is 0 Å². The van der Waals surface area contributed by atoms with Gasteiger partial charge < -0.3 is 21.3 Å². The molecule has 0 fully saturated rings. The molecule has 0 aromatic heterocycles. The van der Waals surface area contributed by atoms with E-state index in [1.807, 2.05) is 36.4 Å². The molecule has 4 aromatic rings. The third kappa shape index (κ3) is 7.34. The molecule has 0 spiro atoms. The Morgan fingerprint density at radius 3 is 1.35 bits per heavy atom. The molecule has 1 aliphatic heterocycles. The van der Waals surface area contributed by atoms with Crippen molar-refractivity contribution in [1.82, 2.24) is 21.3 Å². The third-order valence-electron chi connectivity index (χ3n) is 7.58. The quantitative estimate of drug-likeness (QED) is 0.315. The summed E-state index contributed by atoms with van der Waals surface area (Å²) >= 11 is 0. The number of hydrogen-bond acceptors (Lipinski definition) is 4. The fourth-order valence-corrected chi connectivity index (χ4v) is 5.33. The zero-order valence-corrected chi connectivity index (χ0v) is 22.9. The molecule has 206 valence electrons. The predicted molar refractivity (Wildman–Crippen MR) is 161 cm³/mol. The van der Waals surface area contributed by atoms with E-state index < -0.39 is 0 Å². The fraction of sp³-hybridized carbons (Fsp3) is 0.294. The van der Waals surface area contributed by atoms with Gasteiger partial charge in [-0.1, -0.05) is 97.1 Å². The number of amides is 2. The third-order valence-corrected chi connectivity index (χ3v) is 7.58. The first kappa shape index (κ1) is 27.6. The fourth-order valence-electron chi connectivity index (χ4n) is 5.33. The van der Waals surface area contributed by atoms with E-state index in [9.17, 15) is 9.59 Å². The van der Waals surface area contributed by atoms with Crippen LogP contribution in [0.2, 0.25) is 0 Å². The lowest BCUT2D eigenvalue weighted by atomic mass is 9.98. The lowest BCUT2D eigenvalue weighted by Crippen LogP contribution is -2.46. The molecule has 0 aliphatic carbocycles. The average molecular weight is 535 g/mol. The van der Waals surface area contributed by atoms with Gasteiger partial charge in [-0.25, -0.2) is 0 Å². The van der Waals surface area contributed by atoms with E-state index in [1.165, 1.54) is 0 Å². The normalized spacial score (nSPS) is 19.4. The summed E-state index contributed by atoms with van der Waals surface area (Å²) in [7, 11) is 0. The van der Waals surface area contributed by atoms with E-state index in [0.717, 1.165) is 45.9 Å². The molecule has 40 heavy (non-hydrogen) atoms. The van der Waals surface area contributed by atoms with Crippen molar-refractivity contribution in [2.45, 2.75) is 50.9 Å². The smallest absolute Gasteiger partial charge is 0.237 e. The van der Waals surface area contributed by atoms with Crippen LogP contribution in [0.15, 0.2) is 97.1 Å². The summed E-state index contributed by atoms with van der Waals surface area (Å²) in [6, 6.07) is 32.2. The Morgan fingerprint density at radius 2 is 0.925 bits per heavy atom. The second-order valence-corrected chi connectivity index (χ2v) is 10.5. The molecule has 0 unspecified atom stereocenters. The maximum atomic E-state index is 13.2. The molecule has 5 rings (SSSR count). The van der Waals surface area contributed by atoms with E-state index in [4.69, 9.17) is 0 Å². The van der Waals surface area contributed by atoms with Crippen molar-refractivity contribution < 1.29 is 9.59 Å². The molecular formula is C34H38N4O2. The molecule has 6 heteroatoms. The lowest BCUT2D eigenvalue weighted by molar-refractivity contribution is -0.124. The number of carbonyl (C=O) groups is 2. The highest BCUT2D eigenvalue weighted by Gasteiger charge is 2.21. The summed E-state index contributed by atoms with van der Waals surface area (Å²) < 4.78 is 0. The Morgan fingerprint density at radius 1 is 0.525 bits per heavy atom. The van der Waals surface area contributed by atoms with Crippen LogP contribution in [-0.4, -0.2) is 37.0 Å². The highest BCUT2D eigenvalue weighted by Crippen LogP contribution is 2.24. The molecule has 4 aromatic carbocycles. The van der Waals surface area contributed by atoms with Crippen LogP contribution in [0, 0.1) is 0 Å². The number of carbonyl (C=O) groups excluding carboxylic acids is 2. The predicted octanol–water partition coefficient (Wildman–Crippen LogP) is 4.27. The minimum atomic E-state index is -0.347. The maximum absolute atomic E-state index is 13.2. The molecule has 4 N–H and O–H groups in total. The molecule has 1 heterocycles. The van der Waals surface area contributed by atoms with Crippen LogP contribution in [0.5, 0.6) is 0 Å². The van der Waals surface area contributed by atoms with Crippen LogP contribution < -0.4 is 21.3 Å². The summed E-state index contributed by atoms with van der Waals surface area (Å²) in [4.78, 5) is 26.5. The topological polar surface area (TPSA) is 82.3 Å². The van der Waals surface area contributed by atoms with Crippen LogP contribution >= 0.6 is 0 Å². The van der Waals surface area contributed by atoms with Crippen molar-refractivity contribution in [3.63, 3.8) is 0 Å². The summed E-state index contributed by atoms with van der Waals surface area (Å²) in [5, 5.41) is 15.6. The zero-order valence-electron chi connectivity index (χ0n) is 22.9. The minimum Gasteiger partial charge on any atom is -0.355 e.